The van der Waals surface area contributed by atoms with E-state index >= 15 is 0 Å². The Hall–Kier alpha value is -1.33. The van der Waals surface area contributed by atoms with Crippen LogP contribution in [0.15, 0.2) is 28.9 Å². The van der Waals surface area contributed by atoms with E-state index in [1.165, 1.54) is 6.26 Å². The lowest BCUT2D eigenvalue weighted by molar-refractivity contribution is 0.00578. The molecule has 19 heavy (non-hydrogen) atoms. The van der Waals surface area contributed by atoms with Gasteiger partial charge in [-0.1, -0.05) is 12.1 Å². The maximum absolute atomic E-state index is 14.4. The molecule has 5 heteroatoms. The van der Waals surface area contributed by atoms with Gasteiger partial charge in [0, 0.05) is 10.8 Å². The van der Waals surface area contributed by atoms with Crippen LogP contribution in [0.4, 0.5) is 4.39 Å². The van der Waals surface area contributed by atoms with E-state index in [0.717, 1.165) is 5.39 Å². The van der Waals surface area contributed by atoms with Crippen molar-refractivity contribution >= 4 is 23.6 Å². The highest BCUT2D eigenvalue weighted by Crippen LogP contribution is 2.37. The van der Waals surface area contributed by atoms with Crippen LogP contribution < -0.4 is 5.46 Å². The normalized spacial score (nSPS) is 21.2. The summed E-state index contributed by atoms with van der Waals surface area (Å²) in [6.07, 6.45) is 1.47. The second kappa shape index (κ2) is 3.84. The second-order valence-corrected chi connectivity index (χ2v) is 5.90. The summed E-state index contributed by atoms with van der Waals surface area (Å²) in [7, 11) is -0.709. The summed E-state index contributed by atoms with van der Waals surface area (Å²) in [6.45, 7) is 7.76. The first-order valence-corrected chi connectivity index (χ1v) is 6.33. The summed E-state index contributed by atoms with van der Waals surface area (Å²) >= 11 is 0. The van der Waals surface area contributed by atoms with Crippen molar-refractivity contribution in [2.75, 3.05) is 0 Å². The Balaban J connectivity index is 2.04. The Morgan fingerprint density at radius 3 is 2.26 bits per heavy atom. The Labute approximate surface area is 111 Å². The van der Waals surface area contributed by atoms with Crippen LogP contribution in [0.1, 0.15) is 27.7 Å². The molecule has 0 spiro atoms. The smallest absolute Gasteiger partial charge is 0.461 e. The Morgan fingerprint density at radius 2 is 1.63 bits per heavy atom. The van der Waals surface area contributed by atoms with E-state index < -0.39 is 24.1 Å². The summed E-state index contributed by atoms with van der Waals surface area (Å²) in [4.78, 5) is 0. The summed E-state index contributed by atoms with van der Waals surface area (Å²) < 4.78 is 31.3. The fraction of sp³-hybridized carbons (Fsp3) is 0.429. The summed E-state index contributed by atoms with van der Waals surface area (Å²) in [6, 6.07) is 5.23. The van der Waals surface area contributed by atoms with Crippen molar-refractivity contribution in [3.8, 4) is 0 Å². The fourth-order valence-electron chi connectivity index (χ4n) is 2.16. The van der Waals surface area contributed by atoms with Crippen molar-refractivity contribution in [3.05, 3.63) is 30.3 Å². The molecule has 0 bridgehead atoms. The highest BCUT2D eigenvalue weighted by Gasteiger charge is 2.52. The van der Waals surface area contributed by atoms with Crippen LogP contribution >= 0.6 is 0 Å². The van der Waals surface area contributed by atoms with E-state index in [1.807, 2.05) is 33.8 Å². The Morgan fingerprint density at radius 1 is 1.00 bits per heavy atom. The van der Waals surface area contributed by atoms with E-state index in [4.69, 9.17) is 13.7 Å². The first-order valence-electron chi connectivity index (χ1n) is 6.33. The first kappa shape index (κ1) is 12.7. The quantitative estimate of drug-likeness (QED) is 0.740. The van der Waals surface area contributed by atoms with Crippen molar-refractivity contribution in [1.82, 2.24) is 0 Å². The molecule has 1 saturated heterocycles. The van der Waals surface area contributed by atoms with Gasteiger partial charge < -0.3 is 13.7 Å². The van der Waals surface area contributed by atoms with Gasteiger partial charge in [-0.05, 0) is 33.8 Å². The van der Waals surface area contributed by atoms with Gasteiger partial charge in [0.25, 0.3) is 0 Å². The maximum atomic E-state index is 14.4. The van der Waals surface area contributed by atoms with E-state index in [1.54, 1.807) is 12.1 Å². The molecule has 0 saturated carbocycles. The highest BCUT2D eigenvalue weighted by molar-refractivity contribution is 6.62. The molecule has 0 aliphatic carbocycles. The molecule has 2 aromatic rings. The van der Waals surface area contributed by atoms with Gasteiger partial charge in [-0.15, -0.1) is 0 Å². The van der Waals surface area contributed by atoms with Gasteiger partial charge in [0.1, 0.15) is 0 Å². The molecular formula is C14H16BFO3. The minimum absolute atomic E-state index is 0.243. The van der Waals surface area contributed by atoms with Crippen LogP contribution in [0.5, 0.6) is 0 Å². The number of hydrogen-bond donors (Lipinski definition) is 0. The van der Waals surface area contributed by atoms with Gasteiger partial charge >= 0.3 is 7.12 Å². The zero-order chi connectivity index (χ0) is 13.8. The van der Waals surface area contributed by atoms with Crippen LogP contribution in [-0.2, 0) is 9.31 Å². The third kappa shape index (κ3) is 1.80. The zero-order valence-electron chi connectivity index (χ0n) is 11.5. The molecular weight excluding hydrogens is 246 g/mol. The SMILES string of the molecule is CC1(C)OB(c2ccc3ccoc3c2F)OC1(C)C. The number of hydrogen-bond acceptors (Lipinski definition) is 3. The predicted molar refractivity (Wildman–Crippen MR) is 71.9 cm³/mol. The number of halogens is 1. The second-order valence-electron chi connectivity index (χ2n) is 5.90. The monoisotopic (exact) mass is 262 g/mol. The highest BCUT2D eigenvalue weighted by atomic mass is 19.1. The lowest BCUT2D eigenvalue weighted by Gasteiger charge is -2.32. The van der Waals surface area contributed by atoms with Crippen molar-refractivity contribution in [2.24, 2.45) is 0 Å². The van der Waals surface area contributed by atoms with E-state index in [0.29, 0.717) is 5.46 Å². The lowest BCUT2D eigenvalue weighted by Crippen LogP contribution is -2.41. The minimum atomic E-state index is -0.709. The molecule has 0 radical (unpaired) electrons. The standard InChI is InChI=1S/C14H16BFO3/c1-13(2)14(3,4)19-15(18-13)10-6-5-9-7-8-17-12(9)11(10)16/h5-8H,1-4H3. The molecule has 0 amide bonds. The fourth-order valence-corrected chi connectivity index (χ4v) is 2.16. The molecule has 0 N–H and O–H groups in total. The van der Waals surface area contributed by atoms with Gasteiger partial charge in [-0.2, -0.15) is 0 Å². The lowest BCUT2D eigenvalue weighted by atomic mass is 9.78. The molecule has 1 aliphatic rings. The molecule has 2 heterocycles. The van der Waals surface area contributed by atoms with Crippen LogP contribution in [0.2, 0.25) is 0 Å². The Kier molecular flexibility index (Phi) is 2.56. The molecule has 1 fully saturated rings. The maximum Gasteiger partial charge on any atom is 0.498 e. The van der Waals surface area contributed by atoms with Gasteiger partial charge in [0.15, 0.2) is 11.4 Å². The number of fused-ring (bicyclic) bond motifs is 1. The molecule has 0 atom stereocenters. The minimum Gasteiger partial charge on any atom is -0.461 e. The number of rotatable bonds is 1. The average Bonchev–Trinajstić information content (AvgIpc) is 2.83. The van der Waals surface area contributed by atoms with Gasteiger partial charge in [0.05, 0.1) is 17.5 Å². The van der Waals surface area contributed by atoms with Crippen molar-refractivity contribution in [3.63, 3.8) is 0 Å². The topological polar surface area (TPSA) is 31.6 Å². The molecule has 100 valence electrons. The summed E-state index contributed by atoms with van der Waals surface area (Å²) in [5.74, 6) is -0.416. The van der Waals surface area contributed by atoms with Gasteiger partial charge in [0.2, 0.25) is 0 Å². The molecule has 1 aromatic heterocycles. The van der Waals surface area contributed by atoms with Crippen molar-refractivity contribution in [2.45, 2.75) is 38.9 Å². The average molecular weight is 262 g/mol. The van der Waals surface area contributed by atoms with Gasteiger partial charge in [-0.25, -0.2) is 4.39 Å². The van der Waals surface area contributed by atoms with Crippen LogP contribution in [-0.4, -0.2) is 18.3 Å². The summed E-state index contributed by atoms with van der Waals surface area (Å²) in [5.41, 5.74) is -0.349. The van der Waals surface area contributed by atoms with Crippen LogP contribution in [0.25, 0.3) is 11.0 Å². The zero-order valence-corrected chi connectivity index (χ0v) is 11.5. The molecule has 1 aromatic carbocycles. The number of furan rings is 1. The van der Waals surface area contributed by atoms with Gasteiger partial charge in [-0.3, -0.25) is 0 Å². The molecule has 1 aliphatic heterocycles. The number of benzene rings is 1. The first-order chi connectivity index (χ1) is 8.82. The molecule has 3 rings (SSSR count). The van der Waals surface area contributed by atoms with Crippen LogP contribution in [0, 0.1) is 5.82 Å². The third-order valence-corrected chi connectivity index (χ3v) is 4.10. The Bertz CT molecular complexity index is 617. The summed E-state index contributed by atoms with van der Waals surface area (Å²) in [5, 5.41) is 0.734. The predicted octanol–water partition coefficient (Wildman–Crippen LogP) is 2.87. The molecule has 0 unspecified atom stereocenters. The van der Waals surface area contributed by atoms with E-state index in [2.05, 4.69) is 0 Å². The van der Waals surface area contributed by atoms with Crippen molar-refractivity contribution < 1.29 is 18.1 Å². The van der Waals surface area contributed by atoms with Crippen LogP contribution in [0.3, 0.4) is 0 Å². The van der Waals surface area contributed by atoms with E-state index in [-0.39, 0.29) is 5.58 Å². The molecule has 3 nitrogen and oxygen atoms in total. The van der Waals surface area contributed by atoms with Crippen molar-refractivity contribution in [1.29, 1.82) is 0 Å². The third-order valence-electron chi connectivity index (χ3n) is 4.10. The largest absolute Gasteiger partial charge is 0.498 e. The van der Waals surface area contributed by atoms with E-state index in [9.17, 15) is 4.39 Å².